The van der Waals surface area contributed by atoms with Crippen LogP contribution in [-0.4, -0.2) is 19.5 Å². The number of hydrogen-bond donors (Lipinski definition) is 0. The van der Waals surface area contributed by atoms with E-state index in [4.69, 9.17) is 25.9 Å². The Kier molecular flexibility index (Phi) is 5.27. The van der Waals surface area contributed by atoms with E-state index < -0.39 is 78.1 Å². The zero-order valence-electron chi connectivity index (χ0n) is 41.2. The normalized spacial score (nSPS) is 14.6. The van der Waals surface area contributed by atoms with Crippen molar-refractivity contribution in [1.29, 1.82) is 0 Å². The van der Waals surface area contributed by atoms with Gasteiger partial charge in [-0.15, -0.1) is 11.3 Å². The van der Waals surface area contributed by atoms with Crippen LogP contribution in [0.25, 0.3) is 104 Å². The molecule has 0 aliphatic heterocycles. The molecule has 3 aromatic heterocycles. The Morgan fingerprint density at radius 3 is 1.84 bits per heavy atom. The maximum atomic E-state index is 9.46. The van der Waals surface area contributed by atoms with Crippen LogP contribution in [0.1, 0.15) is 16.4 Å². The molecule has 262 valence electrons. The predicted octanol–water partition coefficient (Wildman–Crippen LogP) is 13.7. The van der Waals surface area contributed by atoms with Crippen molar-refractivity contribution in [3.05, 3.63) is 194 Å². The number of aromatic nitrogens is 4. The van der Waals surface area contributed by atoms with Gasteiger partial charge in [-0.25, -0.2) is 15.0 Å². The third-order valence-corrected chi connectivity index (χ3v) is 11.0. The fraction of sp³-hybridized carbons (Fsp3) is 0. The lowest BCUT2D eigenvalue weighted by molar-refractivity contribution is 1.07. The second-order valence-corrected chi connectivity index (χ2v) is 14.2. The molecule has 0 radical (unpaired) electrons. The van der Waals surface area contributed by atoms with Gasteiger partial charge in [-0.05, 0) is 71.2 Å². The van der Waals surface area contributed by atoms with E-state index in [-0.39, 0.29) is 27.4 Å². The number of thiophene rings is 1. The van der Waals surface area contributed by atoms with Crippen molar-refractivity contribution in [2.75, 3.05) is 0 Å². The van der Waals surface area contributed by atoms with Gasteiger partial charge in [0.05, 0.1) is 33.2 Å². The van der Waals surface area contributed by atoms with Crippen LogP contribution in [0.4, 0.5) is 0 Å². The van der Waals surface area contributed by atoms with Gasteiger partial charge in [0.2, 0.25) is 0 Å². The molecule has 0 aliphatic carbocycles. The highest BCUT2D eigenvalue weighted by Crippen LogP contribution is 2.42. The second-order valence-electron chi connectivity index (χ2n) is 13.1. The van der Waals surface area contributed by atoms with Crippen molar-refractivity contribution in [2.45, 2.75) is 0 Å². The Bertz CT molecular complexity index is 3920. The lowest BCUT2D eigenvalue weighted by Gasteiger charge is -2.16. The van der Waals surface area contributed by atoms with Crippen molar-refractivity contribution in [2.24, 2.45) is 0 Å². The summed E-state index contributed by atoms with van der Waals surface area (Å²) >= 11 is 1.71. The third-order valence-electron chi connectivity index (χ3n) is 9.85. The van der Waals surface area contributed by atoms with Gasteiger partial charge in [0.15, 0.2) is 17.5 Å². The lowest BCUT2D eigenvalue weighted by Crippen LogP contribution is -2.02. The Hall–Kier alpha value is -7.21. The molecule has 0 unspecified atom stereocenters. The van der Waals surface area contributed by atoms with E-state index >= 15 is 0 Å². The van der Waals surface area contributed by atoms with Gasteiger partial charge in [0.1, 0.15) is 0 Å². The largest absolute Gasteiger partial charge is 0.309 e. The minimum absolute atomic E-state index is 0.104. The number of rotatable bonds is 6. The van der Waals surface area contributed by atoms with Crippen LogP contribution in [-0.2, 0) is 0 Å². The molecule has 11 rings (SSSR count). The van der Waals surface area contributed by atoms with Crippen LogP contribution in [0.2, 0.25) is 0 Å². The van der Waals surface area contributed by atoms with Crippen LogP contribution in [0.3, 0.4) is 0 Å². The number of para-hydroxylation sites is 1. The van der Waals surface area contributed by atoms with E-state index in [1.807, 2.05) is 84.9 Å². The molecule has 0 spiro atoms. The highest BCUT2D eigenvalue weighted by molar-refractivity contribution is 7.25. The molecule has 0 fully saturated rings. The van der Waals surface area contributed by atoms with Crippen molar-refractivity contribution in [1.82, 2.24) is 19.5 Å². The molecule has 0 saturated carbocycles. The number of fused-ring (bicyclic) bond motifs is 6. The molecule has 0 saturated heterocycles. The van der Waals surface area contributed by atoms with Crippen LogP contribution in [0, 0.1) is 0 Å². The lowest BCUT2D eigenvalue weighted by atomic mass is 9.99. The van der Waals surface area contributed by atoms with E-state index in [9.17, 15) is 5.48 Å². The molecule has 56 heavy (non-hydrogen) atoms. The Morgan fingerprint density at radius 2 is 1.04 bits per heavy atom. The number of nitrogens with zero attached hydrogens (tertiary/aromatic N) is 4. The van der Waals surface area contributed by atoms with E-state index in [1.165, 1.54) is 4.57 Å². The summed E-state index contributed by atoms with van der Waals surface area (Å²) in [6, 6.07) is 31.1. The predicted molar refractivity (Wildman–Crippen MR) is 234 cm³/mol. The van der Waals surface area contributed by atoms with Crippen molar-refractivity contribution < 1.29 is 16.4 Å². The minimum atomic E-state index is -0.694. The van der Waals surface area contributed by atoms with Gasteiger partial charge >= 0.3 is 0 Å². The summed E-state index contributed by atoms with van der Waals surface area (Å²) in [5.41, 5.74) is 2.59. The van der Waals surface area contributed by atoms with Gasteiger partial charge in [-0.3, -0.25) is 0 Å². The van der Waals surface area contributed by atoms with Crippen LogP contribution in [0.15, 0.2) is 194 Å². The van der Waals surface area contributed by atoms with Gasteiger partial charge in [0, 0.05) is 53.2 Å². The maximum absolute atomic E-state index is 9.46. The fourth-order valence-corrected chi connectivity index (χ4v) is 8.40. The van der Waals surface area contributed by atoms with Crippen molar-refractivity contribution >= 4 is 53.3 Å². The van der Waals surface area contributed by atoms with Crippen LogP contribution < -0.4 is 0 Å². The Morgan fingerprint density at radius 1 is 0.411 bits per heavy atom. The molecule has 0 bridgehead atoms. The van der Waals surface area contributed by atoms with E-state index in [0.29, 0.717) is 39.9 Å². The van der Waals surface area contributed by atoms with Crippen LogP contribution >= 0.6 is 11.3 Å². The summed E-state index contributed by atoms with van der Waals surface area (Å²) < 4.78 is 111. The third kappa shape index (κ3) is 5.40. The molecule has 4 nitrogen and oxygen atoms in total. The van der Waals surface area contributed by atoms with Gasteiger partial charge in [0.25, 0.3) is 0 Å². The molecule has 0 aliphatic rings. The first-order valence-electron chi connectivity index (χ1n) is 23.8. The first kappa shape index (κ1) is 22.2. The quantitative estimate of drug-likeness (QED) is 0.170. The van der Waals surface area contributed by atoms with E-state index in [1.54, 1.807) is 23.5 Å². The summed E-state index contributed by atoms with van der Waals surface area (Å²) in [5.74, 6) is 1.19. The molecule has 8 aromatic carbocycles. The highest BCUT2D eigenvalue weighted by Gasteiger charge is 2.20. The standard InChI is InChI=1S/C51H32N4S/c1-4-15-33(16-5-1)38-23-14-25-45-48(38)40-22-10-12-24-43(40)55(45)44-29-27-36(31-41(44)34-17-6-2-7-18-34)50-52-49(35-19-8-3-9-20-35)53-51(54-50)37-28-30-47-42(32-37)39-21-11-13-26-46(39)56-47/h1-32H/i1D,4D,5D,10D,12D,14D,15D,16D,22D,23D,24D,25D. The molecule has 0 N–H and O–H groups in total. The number of hydrogen-bond acceptors (Lipinski definition) is 4. The maximum Gasteiger partial charge on any atom is 0.164 e. The smallest absolute Gasteiger partial charge is 0.164 e. The van der Waals surface area contributed by atoms with Crippen molar-refractivity contribution in [3.63, 3.8) is 0 Å². The zero-order chi connectivity index (χ0) is 47.4. The fourth-order valence-electron chi connectivity index (χ4n) is 7.31. The molecular weight excluding hydrogens is 701 g/mol. The van der Waals surface area contributed by atoms with Gasteiger partial charge in [-0.2, -0.15) is 0 Å². The summed E-state index contributed by atoms with van der Waals surface area (Å²) in [6.45, 7) is 0. The summed E-state index contributed by atoms with van der Waals surface area (Å²) in [5, 5.41) is 1.91. The first-order valence-corrected chi connectivity index (χ1v) is 18.6. The summed E-state index contributed by atoms with van der Waals surface area (Å²) in [6.07, 6.45) is 0. The minimum Gasteiger partial charge on any atom is -0.309 e. The van der Waals surface area contributed by atoms with Gasteiger partial charge < -0.3 is 4.57 Å². The molecule has 3 heterocycles. The van der Waals surface area contributed by atoms with Gasteiger partial charge in [-0.1, -0.05) is 139 Å². The Balaban J connectivity index is 1.23. The zero-order valence-corrected chi connectivity index (χ0v) is 30.1. The Labute approximate surface area is 344 Å². The summed E-state index contributed by atoms with van der Waals surface area (Å²) in [7, 11) is 0. The molecular formula is C51H32N4S. The van der Waals surface area contributed by atoms with Crippen molar-refractivity contribution in [3.8, 4) is 62.1 Å². The van der Waals surface area contributed by atoms with Crippen LogP contribution in [0.5, 0.6) is 0 Å². The summed E-state index contributed by atoms with van der Waals surface area (Å²) in [4.78, 5) is 15.1. The molecule has 5 heteroatoms. The number of benzene rings is 8. The average Bonchev–Trinajstić information content (AvgIpc) is 3.93. The van der Waals surface area contributed by atoms with E-state index in [2.05, 4.69) is 24.3 Å². The topological polar surface area (TPSA) is 43.6 Å². The molecule has 0 amide bonds. The monoisotopic (exact) mass is 744 g/mol. The first-order chi connectivity index (χ1) is 32.7. The average molecular weight is 745 g/mol. The second kappa shape index (κ2) is 13.3. The molecule has 11 aromatic rings. The highest BCUT2D eigenvalue weighted by atomic mass is 32.1. The van der Waals surface area contributed by atoms with E-state index in [0.717, 1.165) is 31.3 Å². The SMILES string of the molecule is [2H]c1c([2H])c([2H])c(-c2c([2H])c([2H])c([2H])c3c2c2c([2H])c([2H])c([2H])c([2H])c2n3-c2ccc(-c3nc(-c4ccccc4)nc(-c4ccc5sc6ccccc6c5c4)n3)cc2-c2ccccc2)c([2H])c1[2H]. The molecule has 0 atom stereocenters.